The Balaban J connectivity index is 1.68. The fourth-order valence-electron chi connectivity index (χ4n) is 2.85. The topological polar surface area (TPSA) is 44.3 Å². The van der Waals surface area contributed by atoms with Gasteiger partial charge in [-0.05, 0) is 29.3 Å². The fraction of sp³-hybridized carbons (Fsp3) is 0.467. The number of halogens is 1. The molecule has 2 aromatic rings. The van der Waals surface area contributed by atoms with Crippen molar-refractivity contribution in [3.05, 3.63) is 33.9 Å². The lowest BCUT2D eigenvalue weighted by Gasteiger charge is -2.39. The van der Waals surface area contributed by atoms with Crippen molar-refractivity contribution in [3.8, 4) is 0 Å². The van der Waals surface area contributed by atoms with Gasteiger partial charge in [-0.25, -0.2) is 9.97 Å². The summed E-state index contributed by atoms with van der Waals surface area (Å²) in [5, 5.41) is 7.96. The summed E-state index contributed by atoms with van der Waals surface area (Å²) < 4.78 is 0. The minimum absolute atomic E-state index is 0.464. The number of nitrogens with zero attached hydrogens (tertiary/aromatic N) is 4. The molecule has 3 heterocycles. The summed E-state index contributed by atoms with van der Waals surface area (Å²) in [4.78, 5) is 13.2. The van der Waals surface area contributed by atoms with Gasteiger partial charge in [0.2, 0.25) is 0 Å². The fourth-order valence-corrected chi connectivity index (χ4v) is 3.82. The second-order valence-electron chi connectivity index (χ2n) is 5.37. The second-order valence-corrected chi connectivity index (χ2v) is 6.51. The highest BCUT2D eigenvalue weighted by Crippen LogP contribution is 2.30. The second kappa shape index (κ2) is 6.81. The maximum Gasteiger partial charge on any atom is 0.157 e. The van der Waals surface area contributed by atoms with Crippen molar-refractivity contribution in [2.75, 3.05) is 43.4 Å². The van der Waals surface area contributed by atoms with E-state index in [1.165, 1.54) is 11.9 Å². The molecule has 3 rings (SSSR count). The van der Waals surface area contributed by atoms with E-state index in [4.69, 9.17) is 11.6 Å². The van der Waals surface area contributed by atoms with Crippen molar-refractivity contribution in [1.29, 1.82) is 0 Å². The SMILES string of the molecule is CNc1c(Cl)ncnc1N1CCN(C(C)c2ccsc2)CC1. The van der Waals surface area contributed by atoms with Crippen LogP contribution in [0.15, 0.2) is 23.2 Å². The molecular formula is C15H20ClN5S. The Labute approximate surface area is 139 Å². The quantitative estimate of drug-likeness (QED) is 0.868. The zero-order valence-corrected chi connectivity index (χ0v) is 14.4. The van der Waals surface area contributed by atoms with Crippen LogP contribution in [0, 0.1) is 0 Å². The standard InChI is InChI=1S/C15H20ClN5S/c1-11(12-3-8-22-9-12)20-4-6-21(7-5-20)15-13(17-2)14(16)18-10-19-15/h3,8-11,17H,4-7H2,1-2H3. The van der Waals surface area contributed by atoms with Crippen LogP contribution in [0.2, 0.25) is 5.15 Å². The predicted molar refractivity (Wildman–Crippen MR) is 93.1 cm³/mol. The molecule has 0 spiro atoms. The van der Waals surface area contributed by atoms with Crippen molar-refractivity contribution in [2.45, 2.75) is 13.0 Å². The molecule has 1 unspecified atom stereocenters. The number of thiophene rings is 1. The van der Waals surface area contributed by atoms with Crippen LogP contribution >= 0.6 is 22.9 Å². The van der Waals surface area contributed by atoms with E-state index in [0.717, 1.165) is 37.7 Å². The third-order valence-electron chi connectivity index (χ3n) is 4.22. The van der Waals surface area contributed by atoms with E-state index in [2.05, 4.69) is 48.8 Å². The first-order chi connectivity index (χ1) is 10.7. The Bertz CT molecular complexity index is 610. The molecule has 22 heavy (non-hydrogen) atoms. The van der Waals surface area contributed by atoms with E-state index in [1.54, 1.807) is 11.3 Å². The van der Waals surface area contributed by atoms with Crippen molar-refractivity contribution >= 4 is 34.4 Å². The van der Waals surface area contributed by atoms with E-state index in [-0.39, 0.29) is 0 Å². The molecule has 0 aromatic carbocycles. The molecule has 1 fully saturated rings. The van der Waals surface area contributed by atoms with Crippen LogP contribution in [-0.4, -0.2) is 48.1 Å². The minimum atomic E-state index is 0.464. The first kappa shape index (κ1) is 15.5. The first-order valence-electron chi connectivity index (χ1n) is 7.40. The van der Waals surface area contributed by atoms with Crippen molar-refractivity contribution < 1.29 is 0 Å². The van der Waals surface area contributed by atoms with Gasteiger partial charge in [0.05, 0.1) is 0 Å². The summed E-state index contributed by atoms with van der Waals surface area (Å²) in [5.74, 6) is 0.894. The Morgan fingerprint density at radius 1 is 1.27 bits per heavy atom. The van der Waals surface area contributed by atoms with Crippen LogP contribution in [-0.2, 0) is 0 Å². The molecule has 7 heteroatoms. The molecule has 0 bridgehead atoms. The average molecular weight is 338 g/mol. The number of anilines is 2. The Morgan fingerprint density at radius 3 is 2.68 bits per heavy atom. The first-order valence-corrected chi connectivity index (χ1v) is 8.72. The van der Waals surface area contributed by atoms with Gasteiger partial charge >= 0.3 is 0 Å². The van der Waals surface area contributed by atoms with Gasteiger partial charge in [-0.15, -0.1) is 0 Å². The van der Waals surface area contributed by atoms with Crippen LogP contribution in [0.3, 0.4) is 0 Å². The van der Waals surface area contributed by atoms with Gasteiger partial charge < -0.3 is 10.2 Å². The van der Waals surface area contributed by atoms with Crippen LogP contribution in [0.25, 0.3) is 0 Å². The molecule has 1 N–H and O–H groups in total. The molecule has 1 atom stereocenters. The highest BCUT2D eigenvalue weighted by molar-refractivity contribution is 7.07. The molecule has 0 radical (unpaired) electrons. The number of aromatic nitrogens is 2. The average Bonchev–Trinajstić information content (AvgIpc) is 3.08. The molecular weight excluding hydrogens is 318 g/mol. The lowest BCUT2D eigenvalue weighted by molar-refractivity contribution is 0.198. The van der Waals surface area contributed by atoms with Crippen LogP contribution in [0.4, 0.5) is 11.5 Å². The lowest BCUT2D eigenvalue weighted by Crippen LogP contribution is -2.47. The molecule has 5 nitrogen and oxygen atoms in total. The van der Waals surface area contributed by atoms with Crippen LogP contribution in [0.1, 0.15) is 18.5 Å². The minimum Gasteiger partial charge on any atom is -0.383 e. The summed E-state index contributed by atoms with van der Waals surface area (Å²) in [6.45, 7) is 6.19. The normalized spacial score (nSPS) is 17.5. The van der Waals surface area contributed by atoms with Crippen molar-refractivity contribution in [3.63, 3.8) is 0 Å². The zero-order valence-electron chi connectivity index (χ0n) is 12.8. The lowest BCUT2D eigenvalue weighted by atomic mass is 10.1. The van der Waals surface area contributed by atoms with E-state index in [1.807, 2.05) is 7.05 Å². The summed E-state index contributed by atoms with van der Waals surface area (Å²) in [6, 6.07) is 2.68. The highest BCUT2D eigenvalue weighted by atomic mass is 35.5. The van der Waals surface area contributed by atoms with Crippen LogP contribution in [0.5, 0.6) is 0 Å². The van der Waals surface area contributed by atoms with Gasteiger partial charge in [0.25, 0.3) is 0 Å². The van der Waals surface area contributed by atoms with Gasteiger partial charge in [0, 0.05) is 39.3 Å². The molecule has 118 valence electrons. The molecule has 0 saturated carbocycles. The summed E-state index contributed by atoms with van der Waals surface area (Å²) >= 11 is 7.90. The van der Waals surface area contributed by atoms with Gasteiger partial charge in [0.15, 0.2) is 11.0 Å². The van der Waals surface area contributed by atoms with Gasteiger partial charge in [-0.2, -0.15) is 11.3 Å². The number of piperazine rings is 1. The van der Waals surface area contributed by atoms with Crippen molar-refractivity contribution in [2.24, 2.45) is 0 Å². The monoisotopic (exact) mass is 337 g/mol. The van der Waals surface area contributed by atoms with E-state index >= 15 is 0 Å². The molecule has 0 amide bonds. The smallest absolute Gasteiger partial charge is 0.157 e. The number of nitrogens with one attached hydrogen (secondary N) is 1. The molecule has 1 aliphatic rings. The van der Waals surface area contributed by atoms with E-state index < -0.39 is 0 Å². The Morgan fingerprint density at radius 2 is 2.05 bits per heavy atom. The number of hydrogen-bond donors (Lipinski definition) is 1. The van der Waals surface area contributed by atoms with Gasteiger partial charge in [-0.1, -0.05) is 11.6 Å². The zero-order chi connectivity index (χ0) is 15.5. The summed E-state index contributed by atoms with van der Waals surface area (Å²) in [5.41, 5.74) is 2.21. The Kier molecular flexibility index (Phi) is 4.81. The maximum absolute atomic E-state index is 6.15. The van der Waals surface area contributed by atoms with Crippen molar-refractivity contribution in [1.82, 2.24) is 14.9 Å². The van der Waals surface area contributed by atoms with Gasteiger partial charge in [0.1, 0.15) is 12.0 Å². The highest BCUT2D eigenvalue weighted by Gasteiger charge is 2.24. The number of rotatable bonds is 4. The third kappa shape index (κ3) is 3.04. The maximum atomic E-state index is 6.15. The predicted octanol–water partition coefficient (Wildman–Crippen LogP) is 3.12. The van der Waals surface area contributed by atoms with E-state index in [0.29, 0.717) is 11.2 Å². The van der Waals surface area contributed by atoms with Gasteiger partial charge in [-0.3, -0.25) is 4.90 Å². The third-order valence-corrected chi connectivity index (χ3v) is 5.21. The molecule has 0 aliphatic carbocycles. The molecule has 2 aromatic heterocycles. The Hall–Kier alpha value is -1.37. The van der Waals surface area contributed by atoms with E-state index in [9.17, 15) is 0 Å². The molecule has 1 saturated heterocycles. The van der Waals surface area contributed by atoms with Crippen LogP contribution < -0.4 is 10.2 Å². The number of hydrogen-bond acceptors (Lipinski definition) is 6. The largest absolute Gasteiger partial charge is 0.383 e. The summed E-state index contributed by atoms with van der Waals surface area (Å²) in [7, 11) is 1.85. The summed E-state index contributed by atoms with van der Waals surface area (Å²) in [6.07, 6.45) is 1.53. The molecule has 1 aliphatic heterocycles.